The van der Waals surface area contributed by atoms with Crippen molar-refractivity contribution in [2.24, 2.45) is 35.5 Å². The highest BCUT2D eigenvalue weighted by atomic mass is 28.4. The molecule has 6 heteroatoms. The van der Waals surface area contributed by atoms with Crippen molar-refractivity contribution in [3.8, 4) is 0 Å². The van der Waals surface area contributed by atoms with Crippen LogP contribution >= 0.6 is 0 Å². The Bertz CT molecular complexity index is 744. The Balaban J connectivity index is 0.969. The van der Waals surface area contributed by atoms with Crippen molar-refractivity contribution in [1.29, 1.82) is 0 Å². The highest BCUT2D eigenvalue weighted by Crippen LogP contribution is 2.47. The normalized spacial score (nSPS) is 44.6. The predicted octanol–water partition coefficient (Wildman–Crippen LogP) is 6.17. The zero-order valence-electron chi connectivity index (χ0n) is 21.8. The van der Waals surface area contributed by atoms with E-state index in [2.05, 4.69) is 50.5 Å². The van der Waals surface area contributed by atoms with E-state index in [1.807, 2.05) is 0 Å². The molecule has 0 aromatic rings. The number of hydrogen-bond acceptors (Lipinski definition) is 4. The third kappa shape index (κ3) is 4.97. The maximum Gasteiger partial charge on any atom is 0.187 e. The minimum Gasteiger partial charge on any atom is -0.409 e. The summed E-state index contributed by atoms with van der Waals surface area (Å²) in [5.41, 5.74) is 0. The molecule has 0 spiro atoms. The van der Waals surface area contributed by atoms with E-state index in [0.29, 0.717) is 13.2 Å². The van der Waals surface area contributed by atoms with Crippen LogP contribution in [0.15, 0.2) is 24.3 Å². The van der Waals surface area contributed by atoms with Crippen LogP contribution in [0.1, 0.15) is 38.5 Å². The van der Waals surface area contributed by atoms with Crippen molar-refractivity contribution in [2.45, 2.75) is 101 Å². The predicted molar refractivity (Wildman–Crippen MR) is 141 cm³/mol. The summed E-state index contributed by atoms with van der Waals surface area (Å²) in [6.07, 6.45) is 18.4. The van der Waals surface area contributed by atoms with Crippen LogP contribution in [0.25, 0.3) is 0 Å². The van der Waals surface area contributed by atoms with Crippen molar-refractivity contribution in [2.75, 3.05) is 13.2 Å². The molecule has 4 aliphatic carbocycles. The molecule has 0 amide bonds. The molecule has 4 nitrogen and oxygen atoms in total. The highest BCUT2D eigenvalue weighted by molar-refractivity contribution is 6.71. The fourth-order valence-electron chi connectivity index (χ4n) is 8.09. The summed E-state index contributed by atoms with van der Waals surface area (Å²) < 4.78 is 26.2. The van der Waals surface area contributed by atoms with E-state index in [0.717, 1.165) is 35.5 Å². The minimum atomic E-state index is -1.75. The molecular formula is C28H46O4Si2. The first-order valence-electron chi connectivity index (χ1n) is 14.2. The van der Waals surface area contributed by atoms with Crippen molar-refractivity contribution in [3.63, 3.8) is 0 Å². The van der Waals surface area contributed by atoms with Gasteiger partial charge in [-0.25, -0.2) is 0 Å². The van der Waals surface area contributed by atoms with Crippen LogP contribution in [0, 0.1) is 35.5 Å². The molecule has 2 heterocycles. The maximum absolute atomic E-state index is 6.79. The van der Waals surface area contributed by atoms with Gasteiger partial charge in [-0.1, -0.05) is 37.1 Å². The molecule has 0 radical (unpaired) electrons. The van der Waals surface area contributed by atoms with Gasteiger partial charge in [-0.2, -0.15) is 0 Å². The average molecular weight is 503 g/mol. The van der Waals surface area contributed by atoms with Crippen molar-refractivity contribution >= 4 is 16.6 Å². The standard InChI is InChI=1S/C28H46O4Si2/c1-33(2,11-9-23-15-19-5-7-21(23)13-19)31-25-17-29-28-26(18-30-27(25)28)32-34(3,4)12-10-24-16-20-6-8-22(24)14-20/h5-8,19-28H,9-18H2,1-4H3/t19-,20-,21-,22-,23+,24+,25-,26+,27?,28?/m1/s1. The lowest BCUT2D eigenvalue weighted by Gasteiger charge is -2.31. The molecule has 2 saturated heterocycles. The molecule has 10 atom stereocenters. The van der Waals surface area contributed by atoms with Gasteiger partial charge in [-0.15, -0.1) is 0 Å². The number of ether oxygens (including phenoxy) is 2. The van der Waals surface area contributed by atoms with E-state index in [1.165, 1.54) is 50.6 Å². The number of fused-ring (bicyclic) bond motifs is 5. The summed E-state index contributed by atoms with van der Waals surface area (Å²) in [7, 11) is -3.50. The van der Waals surface area contributed by atoms with Gasteiger partial charge in [0.25, 0.3) is 0 Å². The molecule has 0 aromatic carbocycles. The Labute approximate surface area is 209 Å². The number of hydrogen-bond donors (Lipinski definition) is 0. The largest absolute Gasteiger partial charge is 0.409 e. The molecule has 0 N–H and O–H groups in total. The van der Waals surface area contributed by atoms with Crippen LogP contribution in [0.2, 0.25) is 38.3 Å². The van der Waals surface area contributed by atoms with Crippen LogP contribution in [0.4, 0.5) is 0 Å². The van der Waals surface area contributed by atoms with Crippen LogP contribution in [-0.2, 0) is 18.3 Å². The molecule has 2 saturated carbocycles. The lowest BCUT2D eigenvalue weighted by Crippen LogP contribution is -2.44. The summed E-state index contributed by atoms with van der Waals surface area (Å²) in [6.45, 7) is 10.9. The second kappa shape index (κ2) is 9.25. The lowest BCUT2D eigenvalue weighted by molar-refractivity contribution is 0.0123. The van der Waals surface area contributed by atoms with Gasteiger partial charge < -0.3 is 18.3 Å². The second-order valence-electron chi connectivity index (χ2n) is 13.6. The van der Waals surface area contributed by atoms with Crippen molar-refractivity contribution in [1.82, 2.24) is 0 Å². The zero-order valence-corrected chi connectivity index (χ0v) is 23.8. The monoisotopic (exact) mass is 502 g/mol. The smallest absolute Gasteiger partial charge is 0.187 e. The molecular weight excluding hydrogens is 456 g/mol. The Morgan fingerprint density at radius 2 is 1.09 bits per heavy atom. The van der Waals surface area contributed by atoms with Gasteiger partial charge in [-0.05, 0) is 99.5 Å². The minimum absolute atomic E-state index is 0.0581. The number of allylic oxidation sites excluding steroid dienone is 4. The van der Waals surface area contributed by atoms with Gasteiger partial charge >= 0.3 is 0 Å². The van der Waals surface area contributed by atoms with Gasteiger partial charge in [0.05, 0.1) is 25.4 Å². The quantitative estimate of drug-likeness (QED) is 0.264. The molecule has 4 bridgehead atoms. The first-order valence-corrected chi connectivity index (χ1v) is 20.4. The van der Waals surface area contributed by atoms with Crippen molar-refractivity contribution < 1.29 is 18.3 Å². The fraction of sp³-hybridized carbons (Fsp3) is 0.857. The van der Waals surface area contributed by atoms with E-state index in [1.54, 1.807) is 0 Å². The van der Waals surface area contributed by atoms with Crippen LogP contribution in [-0.4, -0.2) is 54.3 Å². The third-order valence-corrected chi connectivity index (χ3v) is 14.8. The van der Waals surface area contributed by atoms with Gasteiger partial charge in [0.2, 0.25) is 0 Å². The molecule has 6 rings (SSSR count). The summed E-state index contributed by atoms with van der Waals surface area (Å²) in [4.78, 5) is 0. The maximum atomic E-state index is 6.79. The highest BCUT2D eigenvalue weighted by Gasteiger charge is 2.51. The summed E-state index contributed by atoms with van der Waals surface area (Å²) in [5, 5.41) is 0. The zero-order chi connectivity index (χ0) is 23.5. The topological polar surface area (TPSA) is 36.9 Å². The molecule has 34 heavy (non-hydrogen) atoms. The fourth-order valence-corrected chi connectivity index (χ4v) is 12.5. The summed E-state index contributed by atoms with van der Waals surface area (Å²) in [5.74, 6) is 5.20. The Hall–Kier alpha value is -0.246. The summed E-state index contributed by atoms with van der Waals surface area (Å²) in [6, 6.07) is 2.50. The first-order chi connectivity index (χ1) is 16.2. The molecule has 2 aliphatic heterocycles. The summed E-state index contributed by atoms with van der Waals surface area (Å²) >= 11 is 0. The van der Waals surface area contributed by atoms with Gasteiger partial charge in [0.1, 0.15) is 12.2 Å². The van der Waals surface area contributed by atoms with Gasteiger partial charge in [0.15, 0.2) is 16.6 Å². The van der Waals surface area contributed by atoms with Crippen LogP contribution in [0.3, 0.4) is 0 Å². The third-order valence-electron chi connectivity index (χ3n) is 9.97. The van der Waals surface area contributed by atoms with Crippen molar-refractivity contribution in [3.05, 3.63) is 24.3 Å². The Kier molecular flexibility index (Phi) is 6.56. The van der Waals surface area contributed by atoms with Crippen LogP contribution in [0.5, 0.6) is 0 Å². The van der Waals surface area contributed by atoms with Gasteiger partial charge in [-0.3, -0.25) is 0 Å². The van der Waals surface area contributed by atoms with E-state index in [9.17, 15) is 0 Å². The van der Waals surface area contributed by atoms with E-state index < -0.39 is 16.6 Å². The lowest BCUT2D eigenvalue weighted by atomic mass is 9.91. The molecule has 2 unspecified atom stereocenters. The van der Waals surface area contributed by atoms with Crippen LogP contribution < -0.4 is 0 Å². The van der Waals surface area contributed by atoms with E-state index in [4.69, 9.17) is 18.3 Å². The Morgan fingerprint density at radius 3 is 1.44 bits per heavy atom. The SMILES string of the molecule is C[Si](C)(CC[C@H]1C[C@@H]2C=C[C@@H]1C2)O[C@H]1COC2C1OC[C@H]2O[Si](C)(C)CC[C@H]1C[C@@H]2C=C[C@@H]1C2. The Morgan fingerprint density at radius 1 is 0.647 bits per heavy atom. The van der Waals surface area contributed by atoms with E-state index in [-0.39, 0.29) is 24.4 Å². The molecule has 0 aromatic heterocycles. The molecule has 6 aliphatic rings. The molecule has 190 valence electrons. The molecule has 4 fully saturated rings. The van der Waals surface area contributed by atoms with Gasteiger partial charge in [0, 0.05) is 0 Å². The average Bonchev–Trinajstić information content (AvgIpc) is 3.61. The van der Waals surface area contributed by atoms with E-state index >= 15 is 0 Å². The first kappa shape index (κ1) is 24.1. The second-order valence-corrected chi connectivity index (χ2v) is 22.1. The number of rotatable bonds is 10.